The van der Waals surface area contributed by atoms with E-state index in [1.807, 2.05) is 24.8 Å². The van der Waals surface area contributed by atoms with Gasteiger partial charge in [-0.25, -0.2) is 0 Å². The Balaban J connectivity index is 2.52. The van der Waals surface area contributed by atoms with Crippen molar-refractivity contribution in [1.82, 2.24) is 4.90 Å². The minimum atomic E-state index is -0.512. The molecule has 0 saturated heterocycles. The van der Waals surface area contributed by atoms with Crippen LogP contribution in [0.3, 0.4) is 0 Å². The molecule has 0 radical (unpaired) electrons. The molecule has 0 fully saturated rings. The first kappa shape index (κ1) is 16.5. The van der Waals surface area contributed by atoms with E-state index >= 15 is 0 Å². The Morgan fingerprint density at radius 3 is 2.83 bits per heavy atom. The maximum absolute atomic E-state index is 9.14. The summed E-state index contributed by atoms with van der Waals surface area (Å²) in [5, 5.41) is 17.9. The number of rotatable bonds is 5. The van der Waals surface area contributed by atoms with Gasteiger partial charge >= 0.3 is 0 Å². The summed E-state index contributed by atoms with van der Waals surface area (Å²) in [6.07, 6.45) is 5.18. The largest absolute Gasteiger partial charge is 0.483 e. The molecule has 0 N–H and O–H groups in total. The smallest absolute Gasteiger partial charge is 0.207 e. The third-order valence-corrected chi connectivity index (χ3v) is 3.34. The van der Waals surface area contributed by atoms with Crippen LogP contribution in [0.1, 0.15) is 25.0 Å². The minimum Gasteiger partial charge on any atom is -0.483 e. The fourth-order valence-corrected chi connectivity index (χ4v) is 2.37. The van der Waals surface area contributed by atoms with E-state index in [0.29, 0.717) is 24.5 Å². The van der Waals surface area contributed by atoms with E-state index in [4.69, 9.17) is 20.0 Å². The second-order valence-corrected chi connectivity index (χ2v) is 5.59. The molecule has 1 aliphatic rings. The summed E-state index contributed by atoms with van der Waals surface area (Å²) in [7, 11) is 1.61. The van der Waals surface area contributed by atoms with Gasteiger partial charge in [0.1, 0.15) is 17.7 Å². The molecular weight excluding hydrogens is 292 g/mol. The van der Waals surface area contributed by atoms with Crippen molar-refractivity contribution in [1.29, 1.82) is 10.5 Å². The predicted octanol–water partition coefficient (Wildman–Crippen LogP) is 2.53. The molecule has 6 nitrogen and oxygen atoms in total. The molecule has 0 aliphatic carbocycles. The number of aliphatic imine (C=N–C) groups is 1. The van der Waals surface area contributed by atoms with Crippen molar-refractivity contribution in [3.8, 4) is 18.0 Å². The van der Waals surface area contributed by atoms with Crippen molar-refractivity contribution in [3.05, 3.63) is 35.4 Å². The fourth-order valence-electron chi connectivity index (χ4n) is 2.37. The first-order valence-corrected chi connectivity index (χ1v) is 7.15. The Bertz CT molecular complexity index is 723. The second-order valence-electron chi connectivity index (χ2n) is 5.59. The predicted molar refractivity (Wildman–Crippen MR) is 86.5 cm³/mol. The molecule has 0 bridgehead atoms. The number of benzene rings is 1. The number of nitrogens with zero attached hydrogens (tertiary/aromatic N) is 4. The van der Waals surface area contributed by atoms with Gasteiger partial charge in [0, 0.05) is 19.2 Å². The van der Waals surface area contributed by atoms with Crippen LogP contribution in [0.5, 0.6) is 5.75 Å². The molecule has 23 heavy (non-hydrogen) atoms. The zero-order chi connectivity index (χ0) is 16.9. The van der Waals surface area contributed by atoms with E-state index < -0.39 is 5.60 Å². The van der Waals surface area contributed by atoms with Crippen LogP contribution in [0.4, 0.5) is 0 Å². The molecule has 0 aromatic heterocycles. The van der Waals surface area contributed by atoms with Gasteiger partial charge in [-0.1, -0.05) is 0 Å². The second kappa shape index (κ2) is 6.95. The molecule has 0 atom stereocenters. The highest BCUT2D eigenvalue weighted by Crippen LogP contribution is 2.37. The van der Waals surface area contributed by atoms with Crippen LogP contribution in [0.15, 0.2) is 29.3 Å². The lowest BCUT2D eigenvalue weighted by Crippen LogP contribution is -2.34. The molecule has 118 valence electrons. The van der Waals surface area contributed by atoms with Gasteiger partial charge in [0.2, 0.25) is 6.19 Å². The monoisotopic (exact) mass is 310 g/mol. The Kier molecular flexibility index (Phi) is 5.00. The summed E-state index contributed by atoms with van der Waals surface area (Å²) >= 11 is 0. The molecule has 1 heterocycles. The SMILES string of the molecule is COCCN(C=NC#N)C1=CC(C)(C)Oc2ccc(C#N)cc21. The summed E-state index contributed by atoms with van der Waals surface area (Å²) in [6, 6.07) is 7.42. The molecule has 1 aliphatic heterocycles. The van der Waals surface area contributed by atoms with Crippen molar-refractivity contribution in [2.45, 2.75) is 19.4 Å². The van der Waals surface area contributed by atoms with E-state index in [1.54, 1.807) is 31.5 Å². The first-order valence-electron chi connectivity index (χ1n) is 7.15. The Hall–Kier alpha value is -2.83. The normalized spacial score (nSPS) is 15.1. The summed E-state index contributed by atoms with van der Waals surface area (Å²) in [6.45, 7) is 4.90. The molecule has 2 rings (SSSR count). The van der Waals surface area contributed by atoms with Crippen LogP contribution < -0.4 is 4.74 Å². The van der Waals surface area contributed by atoms with E-state index in [2.05, 4.69) is 11.1 Å². The average Bonchev–Trinajstić information content (AvgIpc) is 2.53. The third-order valence-electron chi connectivity index (χ3n) is 3.34. The Labute approximate surface area is 135 Å². The van der Waals surface area contributed by atoms with Gasteiger partial charge in [0.15, 0.2) is 0 Å². The third kappa shape index (κ3) is 3.88. The lowest BCUT2D eigenvalue weighted by Gasteiger charge is -2.34. The number of fused-ring (bicyclic) bond motifs is 1. The average molecular weight is 310 g/mol. The summed E-state index contributed by atoms with van der Waals surface area (Å²) in [5.74, 6) is 0.694. The van der Waals surface area contributed by atoms with Crippen molar-refractivity contribution in [2.75, 3.05) is 20.3 Å². The Morgan fingerprint density at radius 2 is 2.17 bits per heavy atom. The first-order chi connectivity index (χ1) is 11.0. The van der Waals surface area contributed by atoms with Gasteiger partial charge in [-0.15, -0.1) is 0 Å². The highest BCUT2D eigenvalue weighted by molar-refractivity contribution is 5.81. The van der Waals surface area contributed by atoms with Gasteiger partial charge in [0.05, 0.1) is 23.9 Å². The van der Waals surface area contributed by atoms with Crippen LogP contribution in [0.2, 0.25) is 0 Å². The quantitative estimate of drug-likeness (QED) is 0.474. The van der Waals surface area contributed by atoms with Gasteiger partial charge < -0.3 is 14.4 Å². The van der Waals surface area contributed by atoms with Gasteiger partial charge in [-0.05, 0) is 38.1 Å². The van der Waals surface area contributed by atoms with E-state index in [9.17, 15) is 0 Å². The number of hydrogen-bond acceptors (Lipinski definition) is 5. The molecule has 6 heteroatoms. The van der Waals surface area contributed by atoms with Crippen molar-refractivity contribution in [2.24, 2.45) is 4.99 Å². The number of hydrogen-bond donors (Lipinski definition) is 0. The zero-order valence-corrected chi connectivity index (χ0v) is 13.4. The standard InChI is InChI=1S/C17H18N4O2/c1-17(2)9-15(21(6-7-22-3)12-20-11-19)14-8-13(10-18)4-5-16(14)23-17/h4-5,8-9,12H,6-7H2,1-3H3. The zero-order valence-electron chi connectivity index (χ0n) is 13.4. The van der Waals surface area contributed by atoms with Crippen molar-refractivity contribution < 1.29 is 9.47 Å². The Morgan fingerprint density at radius 1 is 1.39 bits per heavy atom. The van der Waals surface area contributed by atoms with Crippen LogP contribution in [-0.2, 0) is 4.74 Å². The highest BCUT2D eigenvalue weighted by Gasteiger charge is 2.29. The topological polar surface area (TPSA) is 81.6 Å². The molecule has 1 aromatic rings. The molecular formula is C17H18N4O2. The van der Waals surface area contributed by atoms with E-state index in [1.165, 1.54) is 6.34 Å². The highest BCUT2D eigenvalue weighted by atomic mass is 16.5. The van der Waals surface area contributed by atoms with Gasteiger partial charge in [-0.3, -0.25) is 0 Å². The lowest BCUT2D eigenvalue weighted by molar-refractivity contribution is 0.154. The van der Waals surface area contributed by atoms with Crippen LogP contribution in [0.25, 0.3) is 5.70 Å². The van der Waals surface area contributed by atoms with Crippen molar-refractivity contribution in [3.63, 3.8) is 0 Å². The van der Waals surface area contributed by atoms with E-state index in [-0.39, 0.29) is 0 Å². The number of nitriles is 2. The summed E-state index contributed by atoms with van der Waals surface area (Å²) in [5.41, 5.74) is 1.66. The fraction of sp³-hybridized carbons (Fsp3) is 0.353. The van der Waals surface area contributed by atoms with Gasteiger partial charge in [-0.2, -0.15) is 15.5 Å². The molecule has 1 aromatic carbocycles. The molecule has 0 amide bonds. The molecule has 0 spiro atoms. The number of methoxy groups -OCH3 is 1. The lowest BCUT2D eigenvalue weighted by atomic mass is 9.97. The van der Waals surface area contributed by atoms with Crippen LogP contribution >= 0.6 is 0 Å². The maximum Gasteiger partial charge on any atom is 0.207 e. The van der Waals surface area contributed by atoms with Crippen molar-refractivity contribution >= 4 is 12.0 Å². The minimum absolute atomic E-state index is 0.476. The molecule has 0 saturated carbocycles. The number of ether oxygens (including phenoxy) is 2. The summed E-state index contributed by atoms with van der Waals surface area (Å²) in [4.78, 5) is 5.50. The molecule has 0 unspecified atom stereocenters. The van der Waals surface area contributed by atoms with Gasteiger partial charge in [0.25, 0.3) is 0 Å². The van der Waals surface area contributed by atoms with Crippen LogP contribution in [-0.4, -0.2) is 37.1 Å². The van der Waals surface area contributed by atoms with E-state index in [0.717, 1.165) is 11.3 Å². The van der Waals surface area contributed by atoms with Crippen LogP contribution in [0, 0.1) is 22.8 Å². The maximum atomic E-state index is 9.14. The summed E-state index contributed by atoms with van der Waals surface area (Å²) < 4.78 is 11.1.